The van der Waals surface area contributed by atoms with Gasteiger partial charge in [-0.05, 0) is 86.9 Å². The Hall–Kier alpha value is -0.410. The van der Waals surface area contributed by atoms with Gasteiger partial charge in [0.25, 0.3) is 0 Å². The molecule has 0 heterocycles. The molecule has 4 rings (SSSR count). The summed E-state index contributed by atoms with van der Waals surface area (Å²) in [5, 5.41) is 0.349. The van der Waals surface area contributed by atoms with Crippen LogP contribution in [0.25, 0.3) is 0 Å². The van der Waals surface area contributed by atoms with Crippen LogP contribution in [0.3, 0.4) is 0 Å². The molecule has 7 atom stereocenters. The lowest BCUT2D eigenvalue weighted by molar-refractivity contribution is -0.0223. The zero-order valence-corrected chi connectivity index (χ0v) is 14.6. The summed E-state index contributed by atoms with van der Waals surface area (Å²) < 4.78 is 0. The number of rotatable bonds is 1. The molecule has 3 fully saturated rings. The van der Waals surface area contributed by atoms with Crippen molar-refractivity contribution in [2.24, 2.45) is 35.0 Å². The molecular formula is C21H29Cl. The summed E-state index contributed by atoms with van der Waals surface area (Å²) in [5.41, 5.74) is 2.12. The van der Waals surface area contributed by atoms with Gasteiger partial charge < -0.3 is 0 Å². The van der Waals surface area contributed by atoms with Crippen molar-refractivity contribution >= 4 is 11.6 Å². The van der Waals surface area contributed by atoms with Gasteiger partial charge in [0.1, 0.15) is 0 Å². The average molecular weight is 317 g/mol. The number of terminal acetylenes is 1. The minimum Gasteiger partial charge on any atom is -0.123 e. The largest absolute Gasteiger partial charge is 0.123 e. The Morgan fingerprint density at radius 2 is 2.18 bits per heavy atom. The van der Waals surface area contributed by atoms with Gasteiger partial charge in [-0.3, -0.25) is 0 Å². The zero-order valence-electron chi connectivity index (χ0n) is 13.9. The average Bonchev–Trinajstić information content (AvgIpc) is 2.93. The first-order chi connectivity index (χ1) is 10.7. The Balaban J connectivity index is 1.70. The molecule has 22 heavy (non-hydrogen) atoms. The van der Waals surface area contributed by atoms with Crippen LogP contribution < -0.4 is 0 Å². The number of fused-ring (bicyclic) bond motifs is 5. The van der Waals surface area contributed by atoms with E-state index in [1.807, 2.05) is 0 Å². The van der Waals surface area contributed by atoms with Gasteiger partial charge in [0, 0.05) is 11.3 Å². The van der Waals surface area contributed by atoms with Crippen LogP contribution >= 0.6 is 11.6 Å². The highest BCUT2D eigenvalue weighted by molar-refractivity contribution is 6.21. The standard InChI is InChI=1S/C21H29Cl/c1-3-15-10-12-18-17-11-9-14-7-5-6-8-16(14)20(17)19(22)13-21(15,18)4-2/h1,7,15-20H,4-6,8-13H2,2H3/t15-,16+,17+,18+,19+,20-,21-/m1/s1. The van der Waals surface area contributed by atoms with E-state index in [1.165, 1.54) is 57.8 Å². The molecule has 0 unspecified atom stereocenters. The summed E-state index contributed by atoms with van der Waals surface area (Å²) in [4.78, 5) is 0. The van der Waals surface area contributed by atoms with Gasteiger partial charge >= 0.3 is 0 Å². The molecule has 120 valence electrons. The molecule has 0 bridgehead atoms. The van der Waals surface area contributed by atoms with Crippen LogP contribution in [0.4, 0.5) is 0 Å². The lowest BCUT2D eigenvalue weighted by Gasteiger charge is -2.56. The van der Waals surface area contributed by atoms with Crippen molar-refractivity contribution in [1.29, 1.82) is 0 Å². The van der Waals surface area contributed by atoms with Crippen molar-refractivity contribution in [3.8, 4) is 12.3 Å². The first-order valence-corrected chi connectivity index (χ1v) is 9.94. The normalized spacial score (nSPS) is 50.3. The van der Waals surface area contributed by atoms with Gasteiger partial charge in [-0.2, -0.15) is 0 Å². The smallest absolute Gasteiger partial charge is 0.0378 e. The summed E-state index contributed by atoms with van der Waals surface area (Å²) in [6.07, 6.45) is 20.3. The molecule has 0 saturated heterocycles. The summed E-state index contributed by atoms with van der Waals surface area (Å²) in [6.45, 7) is 2.36. The monoisotopic (exact) mass is 316 g/mol. The highest BCUT2D eigenvalue weighted by Gasteiger charge is 2.59. The van der Waals surface area contributed by atoms with Crippen molar-refractivity contribution in [3.05, 3.63) is 11.6 Å². The molecule has 0 spiro atoms. The molecule has 0 aliphatic heterocycles. The minimum absolute atomic E-state index is 0.349. The molecule has 1 heteroatoms. The second-order valence-corrected chi connectivity index (χ2v) is 8.87. The van der Waals surface area contributed by atoms with Crippen LogP contribution in [0.2, 0.25) is 0 Å². The lowest BCUT2D eigenvalue weighted by Crippen LogP contribution is -2.52. The Bertz CT molecular complexity index is 512. The molecule has 0 aromatic carbocycles. The van der Waals surface area contributed by atoms with E-state index >= 15 is 0 Å². The van der Waals surface area contributed by atoms with Gasteiger partial charge in [0.05, 0.1) is 0 Å². The molecule has 0 aromatic rings. The van der Waals surface area contributed by atoms with E-state index in [-0.39, 0.29) is 0 Å². The Labute approximate surface area is 141 Å². The van der Waals surface area contributed by atoms with E-state index in [1.54, 1.807) is 5.57 Å². The van der Waals surface area contributed by atoms with Crippen molar-refractivity contribution in [3.63, 3.8) is 0 Å². The molecule has 0 N–H and O–H groups in total. The highest BCUT2D eigenvalue weighted by atomic mass is 35.5. The van der Waals surface area contributed by atoms with Crippen LogP contribution in [-0.2, 0) is 0 Å². The predicted octanol–water partition coefficient (Wildman–Crippen LogP) is 5.81. The van der Waals surface area contributed by atoms with Crippen LogP contribution in [0.1, 0.15) is 64.7 Å². The number of hydrogen-bond donors (Lipinski definition) is 0. The zero-order chi connectivity index (χ0) is 15.3. The fourth-order valence-corrected chi connectivity index (χ4v) is 7.67. The molecule has 3 saturated carbocycles. The van der Waals surface area contributed by atoms with E-state index in [0.29, 0.717) is 16.7 Å². The van der Waals surface area contributed by atoms with Gasteiger partial charge in [0.2, 0.25) is 0 Å². The third-order valence-corrected chi connectivity index (χ3v) is 8.34. The maximum Gasteiger partial charge on any atom is 0.0378 e. The van der Waals surface area contributed by atoms with Gasteiger partial charge in [-0.15, -0.1) is 23.9 Å². The van der Waals surface area contributed by atoms with Gasteiger partial charge in [-0.25, -0.2) is 0 Å². The summed E-state index contributed by atoms with van der Waals surface area (Å²) in [5.74, 6) is 6.87. The van der Waals surface area contributed by atoms with Crippen LogP contribution in [0.5, 0.6) is 0 Å². The molecule has 0 aromatic heterocycles. The van der Waals surface area contributed by atoms with E-state index < -0.39 is 0 Å². The molecule has 0 amide bonds. The second-order valence-electron chi connectivity index (χ2n) is 8.31. The molecule has 0 radical (unpaired) electrons. The van der Waals surface area contributed by atoms with E-state index in [4.69, 9.17) is 18.0 Å². The van der Waals surface area contributed by atoms with Crippen LogP contribution in [0, 0.1) is 47.3 Å². The number of allylic oxidation sites excluding steroid dienone is 2. The van der Waals surface area contributed by atoms with Crippen LogP contribution in [0.15, 0.2) is 11.6 Å². The fourth-order valence-electron chi connectivity index (χ4n) is 7.02. The predicted molar refractivity (Wildman–Crippen MR) is 93.7 cm³/mol. The quantitative estimate of drug-likeness (QED) is 0.325. The fraction of sp³-hybridized carbons (Fsp3) is 0.810. The summed E-state index contributed by atoms with van der Waals surface area (Å²) in [6, 6.07) is 0. The number of hydrogen-bond acceptors (Lipinski definition) is 0. The number of alkyl halides is 1. The molecule has 4 aliphatic rings. The lowest BCUT2D eigenvalue weighted by atomic mass is 9.50. The Morgan fingerprint density at radius 3 is 2.95 bits per heavy atom. The van der Waals surface area contributed by atoms with E-state index in [9.17, 15) is 0 Å². The number of halogens is 1. The van der Waals surface area contributed by atoms with Crippen molar-refractivity contribution in [1.82, 2.24) is 0 Å². The maximum absolute atomic E-state index is 7.07. The first-order valence-electron chi connectivity index (χ1n) is 9.50. The maximum atomic E-state index is 7.07. The van der Waals surface area contributed by atoms with Gasteiger partial charge in [-0.1, -0.05) is 18.6 Å². The van der Waals surface area contributed by atoms with E-state index in [0.717, 1.165) is 23.7 Å². The van der Waals surface area contributed by atoms with Crippen molar-refractivity contribution in [2.45, 2.75) is 70.1 Å². The third-order valence-electron chi connectivity index (χ3n) is 7.90. The van der Waals surface area contributed by atoms with Crippen molar-refractivity contribution < 1.29 is 0 Å². The third kappa shape index (κ3) is 1.97. The Kier molecular flexibility index (Phi) is 3.85. The molecule has 0 nitrogen and oxygen atoms in total. The first kappa shape index (κ1) is 15.1. The summed E-state index contributed by atoms with van der Waals surface area (Å²) >= 11 is 7.07. The topological polar surface area (TPSA) is 0 Å². The van der Waals surface area contributed by atoms with Crippen molar-refractivity contribution in [2.75, 3.05) is 0 Å². The summed E-state index contributed by atoms with van der Waals surface area (Å²) in [7, 11) is 0. The second kappa shape index (κ2) is 5.59. The van der Waals surface area contributed by atoms with Gasteiger partial charge in [0.15, 0.2) is 0 Å². The molecular weight excluding hydrogens is 288 g/mol. The minimum atomic E-state index is 0.349. The van der Waals surface area contributed by atoms with E-state index in [2.05, 4.69) is 18.9 Å². The van der Waals surface area contributed by atoms with Crippen LogP contribution in [-0.4, -0.2) is 5.38 Å². The molecule has 4 aliphatic carbocycles. The SMILES string of the molecule is C#C[C@@H]1CC[C@H]2[C@@H]3CCC4=CCCC[C@@H]4[C@H]3[C@@H](Cl)C[C@]12CC. The Morgan fingerprint density at radius 1 is 1.32 bits per heavy atom. The highest BCUT2D eigenvalue weighted by Crippen LogP contribution is 2.65.